The van der Waals surface area contributed by atoms with Gasteiger partial charge in [0.1, 0.15) is 5.69 Å². The Balaban J connectivity index is 1.78. The number of nitrogens with zero attached hydrogens (tertiary/aromatic N) is 3. The lowest BCUT2D eigenvalue weighted by Gasteiger charge is -2.35. The molecule has 2 aromatic carbocycles. The molecule has 4 rings (SSSR count). The molecule has 0 saturated heterocycles. The van der Waals surface area contributed by atoms with Gasteiger partial charge in [-0.25, -0.2) is 0 Å². The minimum Gasteiger partial charge on any atom is -0.394 e. The highest BCUT2D eigenvalue weighted by Gasteiger charge is 2.34. The van der Waals surface area contributed by atoms with Gasteiger partial charge in [0.2, 0.25) is 5.91 Å². The largest absolute Gasteiger partial charge is 0.394 e. The van der Waals surface area contributed by atoms with Crippen LogP contribution in [0.4, 0.5) is 13.2 Å². The Morgan fingerprint density at radius 2 is 1.85 bits per heavy atom. The summed E-state index contributed by atoms with van der Waals surface area (Å²) in [6.07, 6.45) is -6.82. The van der Waals surface area contributed by atoms with Gasteiger partial charge in [-0.3, -0.25) is 9.59 Å². The molecular formula is C30H36F3N3O4. The van der Waals surface area contributed by atoms with Crippen molar-refractivity contribution in [3.8, 4) is 11.1 Å². The lowest BCUT2D eigenvalue weighted by molar-refractivity contribution is -0.149. The molecule has 0 fully saturated rings. The number of aromatic nitrogens is 1. The number of fused-ring (bicyclic) bond motifs is 5. The van der Waals surface area contributed by atoms with Crippen LogP contribution in [0.2, 0.25) is 0 Å². The fourth-order valence-electron chi connectivity index (χ4n) is 5.34. The topological polar surface area (TPSA) is 75.0 Å². The van der Waals surface area contributed by atoms with Gasteiger partial charge in [0.25, 0.3) is 5.91 Å². The number of likely N-dealkylation sites (N-methyl/N-ethyl adjacent to an activating group) is 1. The molecule has 0 spiro atoms. The fourth-order valence-corrected chi connectivity index (χ4v) is 5.34. The number of carbonyl (C=O) groups excluding carboxylic acids is 2. The molecule has 0 aliphatic carbocycles. The van der Waals surface area contributed by atoms with Crippen molar-refractivity contribution in [3.63, 3.8) is 0 Å². The van der Waals surface area contributed by atoms with Gasteiger partial charge in [-0.15, -0.1) is 0 Å². The molecule has 216 valence electrons. The van der Waals surface area contributed by atoms with Crippen LogP contribution in [0.5, 0.6) is 0 Å². The van der Waals surface area contributed by atoms with Gasteiger partial charge in [0.15, 0.2) is 0 Å². The molecule has 10 heteroatoms. The number of ether oxygens (including phenoxy) is 1. The lowest BCUT2D eigenvalue weighted by atomic mass is 9.96. The Bertz CT molecular complexity index is 1370. The number of aliphatic hydroxyl groups excluding tert-OH is 1. The van der Waals surface area contributed by atoms with Crippen LogP contribution in [-0.4, -0.2) is 76.4 Å². The zero-order valence-corrected chi connectivity index (χ0v) is 23.2. The first-order valence-corrected chi connectivity index (χ1v) is 13.4. The van der Waals surface area contributed by atoms with Crippen molar-refractivity contribution in [1.82, 2.24) is 14.4 Å². The number of hydrogen-bond donors (Lipinski definition) is 1. The van der Waals surface area contributed by atoms with Crippen molar-refractivity contribution < 1.29 is 32.6 Å². The van der Waals surface area contributed by atoms with E-state index >= 15 is 0 Å². The number of amides is 2. The second-order valence-corrected chi connectivity index (χ2v) is 10.7. The number of aliphatic hydroxyl groups is 1. The number of aryl methyl sites for hydroxylation is 1. The average molecular weight is 560 g/mol. The van der Waals surface area contributed by atoms with E-state index in [0.717, 1.165) is 27.6 Å². The number of hydrogen-bond acceptors (Lipinski definition) is 4. The van der Waals surface area contributed by atoms with Gasteiger partial charge < -0.3 is 24.2 Å². The van der Waals surface area contributed by atoms with Gasteiger partial charge in [0, 0.05) is 56.0 Å². The average Bonchev–Trinajstić information content (AvgIpc) is 3.22. The molecule has 0 bridgehead atoms. The van der Waals surface area contributed by atoms with E-state index in [0.29, 0.717) is 5.69 Å². The standard InChI is InChI=1S/C30H36F3N3O4/c1-19-15-36(20(2)17-37)29(39)28-27(23-11-7-8-12-24(23)35(28)4)22-10-6-5-9-21(22)18-40-25(19)16-34(3)26(38)13-14-30(31,32)33/h5-12,19-20,25,37H,13-18H2,1-4H3/t19-,20-,25+/m0/s1. The molecule has 1 aliphatic rings. The Labute approximate surface area is 232 Å². The summed E-state index contributed by atoms with van der Waals surface area (Å²) in [5.74, 6) is -1.18. The van der Waals surface area contributed by atoms with Gasteiger partial charge in [-0.1, -0.05) is 49.4 Å². The van der Waals surface area contributed by atoms with E-state index in [-0.39, 0.29) is 38.1 Å². The third-order valence-electron chi connectivity index (χ3n) is 7.73. The van der Waals surface area contributed by atoms with Crippen LogP contribution in [0.15, 0.2) is 48.5 Å². The van der Waals surface area contributed by atoms with E-state index in [9.17, 15) is 27.9 Å². The van der Waals surface area contributed by atoms with E-state index in [4.69, 9.17) is 4.74 Å². The number of carbonyl (C=O) groups is 2. The maximum absolute atomic E-state index is 14.3. The summed E-state index contributed by atoms with van der Waals surface area (Å²) < 4.78 is 46.4. The molecule has 40 heavy (non-hydrogen) atoms. The van der Waals surface area contributed by atoms with Crippen molar-refractivity contribution in [2.24, 2.45) is 13.0 Å². The van der Waals surface area contributed by atoms with Crippen LogP contribution >= 0.6 is 0 Å². The van der Waals surface area contributed by atoms with Crippen LogP contribution in [0.1, 0.15) is 42.7 Å². The van der Waals surface area contributed by atoms with Crippen molar-refractivity contribution >= 4 is 22.7 Å². The molecule has 0 saturated carbocycles. The van der Waals surface area contributed by atoms with Gasteiger partial charge in [-0.05, 0) is 24.1 Å². The number of halogens is 3. The van der Waals surface area contributed by atoms with E-state index < -0.39 is 37.1 Å². The Kier molecular flexibility index (Phi) is 8.90. The Hall–Kier alpha value is -3.37. The van der Waals surface area contributed by atoms with Crippen LogP contribution in [0.25, 0.3) is 22.0 Å². The quantitative estimate of drug-likeness (QED) is 0.461. The van der Waals surface area contributed by atoms with E-state index in [1.54, 1.807) is 11.8 Å². The number of para-hydroxylation sites is 1. The second kappa shape index (κ2) is 12.0. The number of rotatable bonds is 6. The fraction of sp³-hybridized carbons (Fsp3) is 0.467. The van der Waals surface area contributed by atoms with E-state index in [1.807, 2.05) is 67.1 Å². The molecule has 2 heterocycles. The highest BCUT2D eigenvalue weighted by atomic mass is 19.4. The summed E-state index contributed by atoms with van der Waals surface area (Å²) in [5, 5.41) is 11.0. The summed E-state index contributed by atoms with van der Waals surface area (Å²) in [6.45, 7) is 3.86. The molecule has 3 atom stereocenters. The predicted octanol–water partition coefficient (Wildman–Crippen LogP) is 5.00. The van der Waals surface area contributed by atoms with Gasteiger partial charge >= 0.3 is 6.18 Å². The minimum atomic E-state index is -4.42. The SMILES string of the molecule is C[C@H]1CN([C@@H](C)CO)C(=O)c2c(c3ccccc3n2C)-c2ccccc2CO[C@@H]1CN(C)C(=O)CCC(F)(F)F. The normalized spacial score (nSPS) is 19.1. The summed E-state index contributed by atoms with van der Waals surface area (Å²) in [6, 6.07) is 14.9. The van der Waals surface area contributed by atoms with Gasteiger partial charge in [0.05, 0.1) is 31.8 Å². The van der Waals surface area contributed by atoms with Crippen molar-refractivity contribution in [3.05, 3.63) is 59.8 Å². The van der Waals surface area contributed by atoms with Crippen LogP contribution in [0.3, 0.4) is 0 Å². The zero-order valence-electron chi connectivity index (χ0n) is 23.2. The molecule has 1 aliphatic heterocycles. The Morgan fingerprint density at radius 1 is 1.18 bits per heavy atom. The highest BCUT2D eigenvalue weighted by molar-refractivity contribution is 6.10. The molecule has 3 aromatic rings. The molecule has 1 aromatic heterocycles. The van der Waals surface area contributed by atoms with Crippen molar-refractivity contribution in [2.45, 2.75) is 51.6 Å². The smallest absolute Gasteiger partial charge is 0.389 e. The second-order valence-electron chi connectivity index (χ2n) is 10.7. The first kappa shape index (κ1) is 29.6. The molecule has 2 amide bonds. The van der Waals surface area contributed by atoms with E-state index in [2.05, 4.69) is 0 Å². The van der Waals surface area contributed by atoms with Crippen LogP contribution in [0, 0.1) is 5.92 Å². The number of benzene rings is 2. The molecular weight excluding hydrogens is 523 g/mol. The summed E-state index contributed by atoms with van der Waals surface area (Å²) in [7, 11) is 3.32. The maximum atomic E-state index is 14.3. The van der Waals surface area contributed by atoms with E-state index in [1.165, 1.54) is 11.9 Å². The zero-order chi connectivity index (χ0) is 29.2. The predicted molar refractivity (Wildman–Crippen MR) is 147 cm³/mol. The maximum Gasteiger partial charge on any atom is 0.389 e. The lowest BCUT2D eigenvalue weighted by Crippen LogP contribution is -2.48. The van der Waals surface area contributed by atoms with Gasteiger partial charge in [-0.2, -0.15) is 13.2 Å². The first-order valence-electron chi connectivity index (χ1n) is 13.4. The van der Waals surface area contributed by atoms with Crippen LogP contribution in [-0.2, 0) is 23.2 Å². The molecule has 7 nitrogen and oxygen atoms in total. The Morgan fingerprint density at radius 3 is 2.55 bits per heavy atom. The van der Waals surface area contributed by atoms with Crippen molar-refractivity contribution in [1.29, 1.82) is 0 Å². The summed E-state index contributed by atoms with van der Waals surface area (Å²) in [5.41, 5.74) is 3.86. The van der Waals surface area contributed by atoms with Crippen molar-refractivity contribution in [2.75, 3.05) is 26.7 Å². The summed E-state index contributed by atoms with van der Waals surface area (Å²) in [4.78, 5) is 29.7. The first-order chi connectivity index (χ1) is 18.9. The monoisotopic (exact) mass is 559 g/mol. The summed E-state index contributed by atoms with van der Waals surface area (Å²) >= 11 is 0. The third-order valence-corrected chi connectivity index (χ3v) is 7.73. The molecule has 1 N–H and O–H groups in total. The van der Waals surface area contributed by atoms with Crippen LogP contribution < -0.4 is 0 Å². The third kappa shape index (κ3) is 6.18. The highest BCUT2D eigenvalue weighted by Crippen LogP contribution is 2.38. The molecule has 0 unspecified atom stereocenters. The minimum absolute atomic E-state index is 0.0610. The molecule has 0 radical (unpaired) electrons. The number of alkyl halides is 3.